The number of carbonyl (C=O) groups is 1. The van der Waals surface area contributed by atoms with Crippen molar-refractivity contribution in [2.24, 2.45) is 0 Å². The van der Waals surface area contributed by atoms with Gasteiger partial charge in [-0.05, 0) is 19.4 Å². The summed E-state index contributed by atoms with van der Waals surface area (Å²) in [5.74, 6) is 0.942. The number of amides is 1. The average Bonchev–Trinajstić information content (AvgIpc) is 2.77. The van der Waals surface area contributed by atoms with Gasteiger partial charge >= 0.3 is 0 Å². The molecule has 1 N–H and O–H groups in total. The van der Waals surface area contributed by atoms with E-state index in [0.717, 1.165) is 30.2 Å². The Hall–Kier alpha value is -1.58. The smallest absolute Gasteiger partial charge is 0.228 e. The van der Waals surface area contributed by atoms with Crippen LogP contribution in [0.4, 0.5) is 11.5 Å². The fourth-order valence-electron chi connectivity index (χ4n) is 1.82. The van der Waals surface area contributed by atoms with Crippen LogP contribution in [0.1, 0.15) is 32.4 Å². The van der Waals surface area contributed by atoms with Crippen molar-refractivity contribution in [2.75, 3.05) is 23.8 Å². The molecule has 1 fully saturated rings. The van der Waals surface area contributed by atoms with Crippen molar-refractivity contribution in [3.8, 4) is 0 Å². The summed E-state index contributed by atoms with van der Waals surface area (Å²) in [5, 5.41) is 3.07. The molecule has 2 heterocycles. The number of rotatable bonds is 2. The van der Waals surface area contributed by atoms with Crippen molar-refractivity contribution >= 4 is 17.4 Å². The van der Waals surface area contributed by atoms with Crippen molar-refractivity contribution in [2.45, 2.75) is 33.6 Å². The molecule has 1 saturated heterocycles. The zero-order valence-corrected chi connectivity index (χ0v) is 11.1. The van der Waals surface area contributed by atoms with E-state index >= 15 is 0 Å². The molecular formula is C13H21N3O. The normalized spacial score (nSPS) is 14.4. The van der Waals surface area contributed by atoms with Gasteiger partial charge in [-0.3, -0.25) is 9.69 Å². The molecule has 0 saturated carbocycles. The van der Waals surface area contributed by atoms with Crippen LogP contribution in [-0.2, 0) is 4.79 Å². The van der Waals surface area contributed by atoms with Gasteiger partial charge in [-0.15, -0.1) is 0 Å². The number of hydrogen-bond acceptors (Lipinski definition) is 3. The number of aryl methyl sites for hydroxylation is 1. The molecule has 0 bridgehead atoms. The molecule has 1 aromatic heterocycles. The number of carbonyl (C=O) groups excluding carboxylic acids is 1. The Balaban J connectivity index is 0.000000686. The molecular weight excluding hydrogens is 214 g/mol. The fourth-order valence-corrected chi connectivity index (χ4v) is 1.82. The first kappa shape index (κ1) is 13.5. The highest BCUT2D eigenvalue weighted by atomic mass is 16.2. The first-order valence-electron chi connectivity index (χ1n) is 6.17. The van der Waals surface area contributed by atoms with Crippen molar-refractivity contribution in [3.05, 3.63) is 17.8 Å². The number of nitrogens with one attached hydrogen (secondary N) is 1. The van der Waals surface area contributed by atoms with Gasteiger partial charge in [0.05, 0.1) is 0 Å². The standard InChI is InChI=1S/C11H15N3O.C2H6/c1-8-6-9(12-2)7-10(13-8)14-5-3-4-11(14)15;1-2/h6-7H,3-5H2,1-2H3,(H,12,13);1-2H3. The molecule has 0 aliphatic carbocycles. The molecule has 0 unspecified atom stereocenters. The van der Waals surface area contributed by atoms with Gasteiger partial charge in [-0.1, -0.05) is 13.8 Å². The van der Waals surface area contributed by atoms with Gasteiger partial charge in [0.25, 0.3) is 0 Å². The second-order valence-corrected chi connectivity index (χ2v) is 3.75. The lowest BCUT2D eigenvalue weighted by Crippen LogP contribution is -2.25. The third-order valence-corrected chi connectivity index (χ3v) is 2.58. The van der Waals surface area contributed by atoms with Crippen LogP contribution in [0.15, 0.2) is 12.1 Å². The minimum absolute atomic E-state index is 0.176. The van der Waals surface area contributed by atoms with Crippen LogP contribution in [-0.4, -0.2) is 24.5 Å². The summed E-state index contributed by atoms with van der Waals surface area (Å²) in [4.78, 5) is 17.7. The third-order valence-electron chi connectivity index (χ3n) is 2.58. The molecule has 1 amide bonds. The zero-order valence-electron chi connectivity index (χ0n) is 11.1. The summed E-state index contributed by atoms with van der Waals surface area (Å²) in [6, 6.07) is 3.88. The molecule has 0 radical (unpaired) electrons. The van der Waals surface area contributed by atoms with Gasteiger partial charge in [-0.2, -0.15) is 0 Å². The lowest BCUT2D eigenvalue weighted by molar-refractivity contribution is -0.117. The molecule has 0 atom stereocenters. The number of aromatic nitrogens is 1. The Morgan fingerprint density at radius 2 is 2.06 bits per heavy atom. The van der Waals surface area contributed by atoms with Gasteiger partial charge in [0.2, 0.25) is 5.91 Å². The van der Waals surface area contributed by atoms with E-state index in [1.807, 2.05) is 40.0 Å². The summed E-state index contributed by atoms with van der Waals surface area (Å²) in [7, 11) is 1.87. The van der Waals surface area contributed by atoms with Gasteiger partial charge in [0.15, 0.2) is 0 Å². The summed E-state index contributed by atoms with van der Waals surface area (Å²) >= 11 is 0. The topological polar surface area (TPSA) is 45.2 Å². The molecule has 94 valence electrons. The number of nitrogens with zero attached hydrogens (tertiary/aromatic N) is 2. The van der Waals surface area contributed by atoms with Gasteiger partial charge in [0, 0.05) is 37.5 Å². The SMILES string of the molecule is CC.CNc1cc(C)nc(N2CCCC2=O)c1. The van der Waals surface area contributed by atoms with E-state index in [9.17, 15) is 4.79 Å². The summed E-state index contributed by atoms with van der Waals surface area (Å²) < 4.78 is 0. The molecule has 1 aliphatic rings. The Morgan fingerprint density at radius 1 is 1.35 bits per heavy atom. The molecule has 4 heteroatoms. The fraction of sp³-hybridized carbons (Fsp3) is 0.538. The first-order chi connectivity index (χ1) is 8.20. The van der Waals surface area contributed by atoms with Crippen LogP contribution in [0.3, 0.4) is 0 Å². The van der Waals surface area contributed by atoms with E-state index in [-0.39, 0.29) is 5.91 Å². The van der Waals surface area contributed by atoms with Crippen LogP contribution in [0.2, 0.25) is 0 Å². The predicted molar refractivity (Wildman–Crippen MR) is 71.5 cm³/mol. The Kier molecular flexibility index (Phi) is 4.94. The van der Waals surface area contributed by atoms with E-state index in [2.05, 4.69) is 10.3 Å². The molecule has 0 spiro atoms. The second kappa shape index (κ2) is 6.23. The molecule has 1 aromatic rings. The molecule has 17 heavy (non-hydrogen) atoms. The van der Waals surface area contributed by atoms with E-state index < -0.39 is 0 Å². The Morgan fingerprint density at radius 3 is 2.59 bits per heavy atom. The van der Waals surface area contributed by atoms with Crippen molar-refractivity contribution < 1.29 is 4.79 Å². The van der Waals surface area contributed by atoms with Crippen LogP contribution in [0.25, 0.3) is 0 Å². The summed E-state index contributed by atoms with van der Waals surface area (Å²) in [6.07, 6.45) is 1.58. The molecule has 1 aliphatic heterocycles. The largest absolute Gasteiger partial charge is 0.388 e. The monoisotopic (exact) mass is 235 g/mol. The maximum Gasteiger partial charge on any atom is 0.228 e. The van der Waals surface area contributed by atoms with Crippen molar-refractivity contribution in [3.63, 3.8) is 0 Å². The Bertz CT molecular complexity index is 390. The van der Waals surface area contributed by atoms with Crippen LogP contribution >= 0.6 is 0 Å². The highest BCUT2D eigenvalue weighted by Gasteiger charge is 2.22. The highest BCUT2D eigenvalue weighted by Crippen LogP contribution is 2.22. The highest BCUT2D eigenvalue weighted by molar-refractivity contribution is 5.94. The lowest BCUT2D eigenvalue weighted by Gasteiger charge is -2.16. The molecule has 4 nitrogen and oxygen atoms in total. The second-order valence-electron chi connectivity index (χ2n) is 3.75. The van der Waals surface area contributed by atoms with E-state index in [4.69, 9.17) is 0 Å². The van der Waals surface area contributed by atoms with Gasteiger partial charge in [-0.25, -0.2) is 4.98 Å². The minimum Gasteiger partial charge on any atom is -0.388 e. The number of hydrogen-bond donors (Lipinski definition) is 1. The van der Waals surface area contributed by atoms with E-state index in [0.29, 0.717) is 6.42 Å². The van der Waals surface area contributed by atoms with Gasteiger partial charge < -0.3 is 5.32 Å². The van der Waals surface area contributed by atoms with E-state index in [1.165, 1.54) is 0 Å². The average molecular weight is 235 g/mol. The van der Waals surface area contributed by atoms with Crippen LogP contribution in [0.5, 0.6) is 0 Å². The third kappa shape index (κ3) is 3.19. The number of pyridine rings is 1. The van der Waals surface area contributed by atoms with Crippen LogP contribution < -0.4 is 10.2 Å². The van der Waals surface area contributed by atoms with Crippen molar-refractivity contribution in [1.82, 2.24) is 4.98 Å². The quantitative estimate of drug-likeness (QED) is 0.857. The summed E-state index contributed by atoms with van der Waals surface area (Å²) in [5.41, 5.74) is 1.92. The predicted octanol–water partition coefficient (Wildman–Crippen LogP) is 2.58. The maximum atomic E-state index is 11.6. The minimum atomic E-state index is 0.176. The number of anilines is 2. The maximum absolute atomic E-state index is 11.6. The first-order valence-corrected chi connectivity index (χ1v) is 6.17. The van der Waals surface area contributed by atoms with Crippen molar-refractivity contribution in [1.29, 1.82) is 0 Å². The molecule has 0 aromatic carbocycles. The Labute approximate surface area is 103 Å². The summed E-state index contributed by atoms with van der Waals surface area (Å²) in [6.45, 7) is 6.73. The zero-order chi connectivity index (χ0) is 12.8. The van der Waals surface area contributed by atoms with Gasteiger partial charge in [0.1, 0.15) is 5.82 Å². The lowest BCUT2D eigenvalue weighted by atomic mass is 10.3. The van der Waals surface area contributed by atoms with Crippen LogP contribution in [0, 0.1) is 6.92 Å². The van der Waals surface area contributed by atoms with E-state index in [1.54, 1.807) is 4.90 Å². The molecule has 2 rings (SSSR count).